The molecule has 1 fully saturated rings. The Morgan fingerprint density at radius 3 is 2.56 bits per heavy atom. The van der Waals surface area contributed by atoms with E-state index in [1.54, 1.807) is 31.2 Å². The van der Waals surface area contributed by atoms with Gasteiger partial charge in [-0.3, -0.25) is 9.59 Å². The normalized spacial score (nSPS) is 15.2. The third kappa shape index (κ3) is 4.39. The Bertz CT molecular complexity index is 946. The first-order valence-electron chi connectivity index (χ1n) is 8.72. The molecule has 144 valence electrons. The monoisotopic (exact) mass is 390 g/mol. The maximum absolute atomic E-state index is 13.3. The summed E-state index contributed by atoms with van der Waals surface area (Å²) in [6.45, 7) is 3.26. The van der Waals surface area contributed by atoms with Crippen LogP contribution in [0, 0.1) is 13.8 Å². The minimum atomic E-state index is -3.85. The molecule has 2 amide bonds. The molecule has 0 unspecified atom stereocenters. The summed E-state index contributed by atoms with van der Waals surface area (Å²) < 4.78 is 31.8. The lowest BCUT2D eigenvalue weighted by Crippen LogP contribution is -2.43. The number of rotatable bonds is 6. The Morgan fingerprint density at radius 1 is 1.19 bits per heavy atom. The number of furan rings is 1. The first kappa shape index (κ1) is 19.2. The minimum absolute atomic E-state index is 0.0443. The van der Waals surface area contributed by atoms with Crippen molar-refractivity contribution in [1.29, 1.82) is 0 Å². The number of benzene rings is 1. The second-order valence-corrected chi connectivity index (χ2v) is 8.87. The number of amides is 2. The van der Waals surface area contributed by atoms with E-state index in [9.17, 15) is 18.0 Å². The van der Waals surface area contributed by atoms with E-state index in [1.165, 1.54) is 6.26 Å². The number of nitrogens with one attached hydrogen (secondary N) is 2. The van der Waals surface area contributed by atoms with Gasteiger partial charge in [-0.15, -0.1) is 0 Å². The topological polar surface area (TPSA) is 105 Å². The second kappa shape index (κ2) is 7.56. The second-order valence-electron chi connectivity index (χ2n) is 6.78. The van der Waals surface area contributed by atoms with Crippen molar-refractivity contribution in [3.8, 4) is 0 Å². The predicted octanol–water partition coefficient (Wildman–Crippen LogP) is 1.81. The van der Waals surface area contributed by atoms with Crippen molar-refractivity contribution >= 4 is 21.7 Å². The van der Waals surface area contributed by atoms with Gasteiger partial charge in [-0.1, -0.05) is 12.1 Å². The van der Waals surface area contributed by atoms with Crippen LogP contribution < -0.4 is 10.6 Å². The van der Waals surface area contributed by atoms with Gasteiger partial charge in [-0.25, -0.2) is 8.42 Å². The summed E-state index contributed by atoms with van der Waals surface area (Å²) in [5.41, 5.74) is 1.42. The molecule has 2 aromatic rings. The van der Waals surface area contributed by atoms with Crippen molar-refractivity contribution in [3.05, 3.63) is 53.5 Å². The van der Waals surface area contributed by atoms with Crippen LogP contribution in [0.4, 0.5) is 0 Å². The molecule has 1 aliphatic rings. The third-order valence-corrected chi connectivity index (χ3v) is 6.65. The maximum atomic E-state index is 13.3. The molecule has 7 nitrogen and oxygen atoms in total. The Hall–Kier alpha value is -2.61. The summed E-state index contributed by atoms with van der Waals surface area (Å²) in [6.07, 6.45) is 3.09. The first-order chi connectivity index (χ1) is 12.8. The van der Waals surface area contributed by atoms with Gasteiger partial charge in [0, 0.05) is 12.6 Å². The van der Waals surface area contributed by atoms with Crippen molar-refractivity contribution in [2.45, 2.75) is 42.9 Å². The molecule has 0 aliphatic heterocycles. The van der Waals surface area contributed by atoms with Gasteiger partial charge in [-0.2, -0.15) is 0 Å². The van der Waals surface area contributed by atoms with Gasteiger partial charge >= 0.3 is 11.8 Å². The van der Waals surface area contributed by atoms with Gasteiger partial charge in [-0.05, 0) is 56.0 Å². The third-order valence-electron chi connectivity index (χ3n) is 4.45. The van der Waals surface area contributed by atoms with Crippen molar-refractivity contribution in [2.75, 3.05) is 6.54 Å². The number of hydrogen-bond acceptors (Lipinski definition) is 5. The molecule has 1 aromatic carbocycles. The average molecular weight is 390 g/mol. The summed E-state index contributed by atoms with van der Waals surface area (Å²) >= 11 is 0. The van der Waals surface area contributed by atoms with Crippen LogP contribution in [0.5, 0.6) is 0 Å². The zero-order valence-corrected chi connectivity index (χ0v) is 16.0. The van der Waals surface area contributed by atoms with Crippen LogP contribution in [-0.4, -0.2) is 32.8 Å². The van der Waals surface area contributed by atoms with Crippen LogP contribution >= 0.6 is 0 Å². The molecule has 1 atom stereocenters. The highest BCUT2D eigenvalue weighted by atomic mass is 32.2. The summed E-state index contributed by atoms with van der Waals surface area (Å²) in [7, 11) is -3.85. The van der Waals surface area contributed by atoms with Crippen molar-refractivity contribution in [2.24, 2.45) is 0 Å². The van der Waals surface area contributed by atoms with E-state index in [-0.39, 0.29) is 23.2 Å². The molecule has 0 radical (unpaired) electrons. The van der Waals surface area contributed by atoms with Crippen LogP contribution in [0.1, 0.15) is 35.0 Å². The average Bonchev–Trinajstić information content (AvgIpc) is 3.27. The Labute approximate surface area is 158 Å². The summed E-state index contributed by atoms with van der Waals surface area (Å²) in [4.78, 5) is 24.0. The zero-order valence-electron chi connectivity index (χ0n) is 15.2. The fraction of sp³-hybridized carbons (Fsp3) is 0.368. The Kier molecular flexibility index (Phi) is 5.36. The molecule has 27 heavy (non-hydrogen) atoms. The molecule has 8 heteroatoms. The van der Waals surface area contributed by atoms with E-state index < -0.39 is 26.9 Å². The largest absolute Gasteiger partial charge is 0.468 e. The SMILES string of the molecule is Cc1ccc(C)c(S(=O)(=O)[C@@H](CNC(=O)C(=O)NC2CC2)c2ccco2)c1. The van der Waals surface area contributed by atoms with Crippen LogP contribution in [0.2, 0.25) is 0 Å². The molecule has 0 bridgehead atoms. The molecule has 3 rings (SSSR count). The maximum Gasteiger partial charge on any atom is 0.309 e. The quantitative estimate of drug-likeness (QED) is 0.732. The molecule has 1 aliphatic carbocycles. The van der Waals surface area contributed by atoms with Gasteiger partial charge in [0.2, 0.25) is 0 Å². The van der Waals surface area contributed by atoms with Crippen molar-refractivity contribution in [3.63, 3.8) is 0 Å². The van der Waals surface area contributed by atoms with Crippen LogP contribution in [-0.2, 0) is 19.4 Å². The lowest BCUT2D eigenvalue weighted by molar-refractivity contribution is -0.139. The molecule has 0 spiro atoms. The molecular formula is C19H22N2O5S. The molecule has 1 saturated carbocycles. The smallest absolute Gasteiger partial charge is 0.309 e. The number of carbonyl (C=O) groups excluding carboxylic acids is 2. The Balaban J connectivity index is 1.84. The number of aryl methyl sites for hydroxylation is 2. The molecule has 1 heterocycles. The Morgan fingerprint density at radius 2 is 1.93 bits per heavy atom. The molecule has 1 aromatic heterocycles. The van der Waals surface area contributed by atoms with E-state index in [4.69, 9.17) is 4.42 Å². The van der Waals surface area contributed by atoms with E-state index >= 15 is 0 Å². The molecule has 0 saturated heterocycles. The first-order valence-corrected chi connectivity index (χ1v) is 10.3. The fourth-order valence-corrected chi connectivity index (χ4v) is 4.67. The van der Waals surface area contributed by atoms with Crippen molar-refractivity contribution < 1.29 is 22.4 Å². The lowest BCUT2D eigenvalue weighted by atomic mass is 10.2. The van der Waals surface area contributed by atoms with E-state index in [1.807, 2.05) is 13.0 Å². The highest BCUT2D eigenvalue weighted by molar-refractivity contribution is 7.91. The van der Waals surface area contributed by atoms with Gasteiger partial charge in [0.05, 0.1) is 11.2 Å². The fourth-order valence-electron chi connectivity index (χ4n) is 2.75. The number of hydrogen-bond donors (Lipinski definition) is 2. The summed E-state index contributed by atoms with van der Waals surface area (Å²) in [5, 5.41) is 3.87. The lowest BCUT2D eigenvalue weighted by Gasteiger charge is -2.18. The predicted molar refractivity (Wildman–Crippen MR) is 98.7 cm³/mol. The van der Waals surface area contributed by atoms with E-state index in [0.29, 0.717) is 5.56 Å². The zero-order chi connectivity index (χ0) is 19.6. The van der Waals surface area contributed by atoms with Crippen molar-refractivity contribution in [1.82, 2.24) is 10.6 Å². The van der Waals surface area contributed by atoms with E-state index in [0.717, 1.165) is 18.4 Å². The highest BCUT2D eigenvalue weighted by Crippen LogP contribution is 2.31. The summed E-state index contributed by atoms with van der Waals surface area (Å²) in [6, 6.07) is 8.35. The van der Waals surface area contributed by atoms with Gasteiger partial charge in [0.25, 0.3) is 0 Å². The van der Waals surface area contributed by atoms with Crippen LogP contribution in [0.3, 0.4) is 0 Å². The standard InChI is InChI=1S/C19H22N2O5S/c1-12-5-6-13(2)16(10-12)27(24,25)17(15-4-3-9-26-15)11-20-18(22)19(23)21-14-7-8-14/h3-6,9-10,14,17H,7-8,11H2,1-2H3,(H,20,22)(H,21,23)/t17-/m0/s1. The minimum Gasteiger partial charge on any atom is -0.468 e. The summed E-state index contributed by atoms with van der Waals surface area (Å²) in [5.74, 6) is -1.40. The number of sulfone groups is 1. The number of carbonyl (C=O) groups is 2. The molecule has 2 N–H and O–H groups in total. The van der Waals surface area contributed by atoms with Gasteiger partial charge in [0.1, 0.15) is 11.0 Å². The van der Waals surface area contributed by atoms with Crippen LogP contribution in [0.25, 0.3) is 0 Å². The highest BCUT2D eigenvalue weighted by Gasteiger charge is 2.34. The van der Waals surface area contributed by atoms with E-state index in [2.05, 4.69) is 10.6 Å². The molecular weight excluding hydrogens is 368 g/mol. The van der Waals surface area contributed by atoms with Gasteiger partial charge in [0.15, 0.2) is 9.84 Å². The van der Waals surface area contributed by atoms with Gasteiger partial charge < -0.3 is 15.1 Å². The van der Waals surface area contributed by atoms with Crippen LogP contribution in [0.15, 0.2) is 45.9 Å².